The molecule has 0 aromatic carbocycles. The molecule has 2 unspecified atom stereocenters. The van der Waals surface area contributed by atoms with Crippen LogP contribution in [0.5, 0.6) is 0 Å². The van der Waals surface area contributed by atoms with Gasteiger partial charge in [-0.1, -0.05) is 0 Å². The summed E-state index contributed by atoms with van der Waals surface area (Å²) in [5, 5.41) is 12.1. The highest BCUT2D eigenvalue weighted by molar-refractivity contribution is 5.72. The van der Waals surface area contributed by atoms with Gasteiger partial charge in [-0.15, -0.1) is 0 Å². The van der Waals surface area contributed by atoms with Crippen molar-refractivity contribution in [2.24, 2.45) is 5.92 Å². The zero-order valence-electron chi connectivity index (χ0n) is 8.09. The van der Waals surface area contributed by atoms with Gasteiger partial charge in [0, 0.05) is 18.1 Å². The van der Waals surface area contributed by atoms with Crippen molar-refractivity contribution in [1.82, 2.24) is 4.98 Å². The predicted molar refractivity (Wildman–Crippen MR) is 53.6 cm³/mol. The summed E-state index contributed by atoms with van der Waals surface area (Å²) in [6, 6.07) is 3.44. The molecule has 5 nitrogen and oxygen atoms in total. The van der Waals surface area contributed by atoms with Crippen molar-refractivity contribution in [1.29, 1.82) is 0 Å². The number of ether oxygens (including phenoxy) is 1. The Labute approximate surface area is 87.1 Å². The van der Waals surface area contributed by atoms with Crippen LogP contribution in [0.4, 0.5) is 5.69 Å². The first-order chi connectivity index (χ1) is 7.27. The molecule has 5 heteroatoms. The molecule has 15 heavy (non-hydrogen) atoms. The molecule has 1 aliphatic rings. The lowest BCUT2D eigenvalue weighted by atomic mass is 10.0. The van der Waals surface area contributed by atoms with Crippen LogP contribution in [0.3, 0.4) is 0 Å². The third kappa shape index (κ3) is 2.24. The third-order valence-corrected chi connectivity index (χ3v) is 2.43. The minimum absolute atomic E-state index is 0.162. The van der Waals surface area contributed by atoms with Gasteiger partial charge in [-0.05, 0) is 12.1 Å². The van der Waals surface area contributed by atoms with E-state index < -0.39 is 11.9 Å². The van der Waals surface area contributed by atoms with Crippen LogP contribution in [0.25, 0.3) is 0 Å². The molecule has 2 rings (SSSR count). The van der Waals surface area contributed by atoms with E-state index in [4.69, 9.17) is 9.84 Å². The summed E-state index contributed by atoms with van der Waals surface area (Å²) in [4.78, 5) is 14.8. The average molecular weight is 208 g/mol. The number of hydrogen-bond donors (Lipinski definition) is 2. The van der Waals surface area contributed by atoms with E-state index in [2.05, 4.69) is 10.3 Å². The third-order valence-electron chi connectivity index (χ3n) is 2.43. The number of pyridine rings is 1. The molecule has 2 atom stereocenters. The number of anilines is 1. The number of aliphatic carboxylic acids is 1. The van der Waals surface area contributed by atoms with Gasteiger partial charge in [0.1, 0.15) is 5.92 Å². The first kappa shape index (κ1) is 9.92. The van der Waals surface area contributed by atoms with Gasteiger partial charge in [0.05, 0.1) is 19.3 Å². The molecule has 1 aliphatic heterocycles. The molecule has 1 aromatic rings. The van der Waals surface area contributed by atoms with Gasteiger partial charge in [-0.3, -0.25) is 9.78 Å². The van der Waals surface area contributed by atoms with E-state index in [0.717, 1.165) is 5.69 Å². The maximum Gasteiger partial charge on any atom is 0.311 e. The number of nitrogens with zero attached hydrogens (tertiary/aromatic N) is 1. The predicted octanol–water partition coefficient (Wildman–Crippen LogP) is 0.593. The van der Waals surface area contributed by atoms with Crippen molar-refractivity contribution in [2.75, 3.05) is 18.5 Å². The smallest absolute Gasteiger partial charge is 0.311 e. The van der Waals surface area contributed by atoms with Crippen molar-refractivity contribution >= 4 is 11.7 Å². The number of carbonyl (C=O) groups is 1. The maximum atomic E-state index is 10.9. The van der Waals surface area contributed by atoms with Crippen LogP contribution in [0, 0.1) is 5.92 Å². The molecule has 0 radical (unpaired) electrons. The van der Waals surface area contributed by atoms with Crippen LogP contribution in [0.15, 0.2) is 24.5 Å². The molecule has 1 saturated heterocycles. The second kappa shape index (κ2) is 4.27. The lowest BCUT2D eigenvalue weighted by Gasteiger charge is -2.16. The van der Waals surface area contributed by atoms with Gasteiger partial charge in [-0.2, -0.15) is 0 Å². The summed E-state index contributed by atoms with van der Waals surface area (Å²) in [7, 11) is 0. The lowest BCUT2D eigenvalue weighted by molar-refractivity contribution is -0.141. The Morgan fingerprint density at radius 1 is 1.47 bits per heavy atom. The normalized spacial score (nSPS) is 25.1. The molecule has 2 heterocycles. The van der Waals surface area contributed by atoms with Crippen LogP contribution in [-0.2, 0) is 9.53 Å². The molecular weight excluding hydrogens is 196 g/mol. The van der Waals surface area contributed by atoms with Crippen LogP contribution in [0.1, 0.15) is 0 Å². The molecule has 0 amide bonds. The van der Waals surface area contributed by atoms with Crippen molar-refractivity contribution in [3.05, 3.63) is 24.5 Å². The first-order valence-electron chi connectivity index (χ1n) is 4.74. The van der Waals surface area contributed by atoms with E-state index in [9.17, 15) is 4.79 Å². The van der Waals surface area contributed by atoms with Gasteiger partial charge >= 0.3 is 5.97 Å². The summed E-state index contributed by atoms with van der Waals surface area (Å²) >= 11 is 0. The monoisotopic (exact) mass is 208 g/mol. The fourth-order valence-electron chi connectivity index (χ4n) is 1.60. The molecule has 0 aliphatic carbocycles. The maximum absolute atomic E-state index is 10.9. The van der Waals surface area contributed by atoms with Gasteiger partial charge in [0.2, 0.25) is 0 Å². The van der Waals surface area contributed by atoms with Gasteiger partial charge in [0.15, 0.2) is 0 Å². The topological polar surface area (TPSA) is 71.5 Å². The highest BCUT2D eigenvalue weighted by Gasteiger charge is 2.33. The Hall–Kier alpha value is -1.62. The van der Waals surface area contributed by atoms with Crippen LogP contribution < -0.4 is 5.32 Å². The molecule has 1 aromatic heterocycles. The minimum atomic E-state index is -0.820. The summed E-state index contributed by atoms with van der Waals surface area (Å²) in [5.74, 6) is -1.29. The van der Waals surface area contributed by atoms with E-state index in [1.165, 1.54) is 0 Å². The number of aromatic nitrogens is 1. The Balaban J connectivity index is 2.03. The van der Waals surface area contributed by atoms with Gasteiger partial charge < -0.3 is 15.2 Å². The van der Waals surface area contributed by atoms with Crippen LogP contribution in [-0.4, -0.2) is 35.3 Å². The molecule has 0 saturated carbocycles. The second-order valence-corrected chi connectivity index (χ2v) is 3.47. The number of rotatable bonds is 3. The largest absolute Gasteiger partial charge is 0.481 e. The van der Waals surface area contributed by atoms with Gasteiger partial charge in [-0.25, -0.2) is 0 Å². The van der Waals surface area contributed by atoms with Crippen molar-refractivity contribution in [3.8, 4) is 0 Å². The summed E-state index contributed by atoms with van der Waals surface area (Å²) < 4.78 is 5.14. The fraction of sp³-hybridized carbons (Fsp3) is 0.400. The van der Waals surface area contributed by atoms with Crippen LogP contribution in [0.2, 0.25) is 0 Å². The van der Waals surface area contributed by atoms with Crippen molar-refractivity contribution < 1.29 is 14.6 Å². The highest BCUT2D eigenvalue weighted by atomic mass is 16.5. The van der Waals surface area contributed by atoms with E-state index in [1.54, 1.807) is 24.5 Å². The van der Waals surface area contributed by atoms with E-state index in [-0.39, 0.29) is 12.6 Å². The van der Waals surface area contributed by atoms with Gasteiger partial charge in [0.25, 0.3) is 0 Å². The average Bonchev–Trinajstić information content (AvgIpc) is 2.67. The van der Waals surface area contributed by atoms with Crippen molar-refractivity contribution in [2.45, 2.75) is 6.04 Å². The lowest BCUT2D eigenvalue weighted by Crippen LogP contribution is -2.33. The molecule has 0 spiro atoms. The van der Waals surface area contributed by atoms with Crippen molar-refractivity contribution in [3.63, 3.8) is 0 Å². The van der Waals surface area contributed by atoms with Crippen LogP contribution >= 0.6 is 0 Å². The summed E-state index contributed by atoms with van der Waals surface area (Å²) in [6.45, 7) is 0.706. The van der Waals surface area contributed by atoms with E-state index in [1.807, 2.05) is 0 Å². The Morgan fingerprint density at radius 3 is 2.87 bits per heavy atom. The van der Waals surface area contributed by atoms with E-state index >= 15 is 0 Å². The Morgan fingerprint density at radius 2 is 2.20 bits per heavy atom. The molecule has 2 N–H and O–H groups in total. The summed E-state index contributed by atoms with van der Waals surface area (Å²) in [6.07, 6.45) is 3.32. The number of carboxylic acids is 1. The zero-order chi connectivity index (χ0) is 10.7. The fourth-order valence-corrected chi connectivity index (χ4v) is 1.60. The number of carboxylic acid groups (broad SMARTS) is 1. The minimum Gasteiger partial charge on any atom is -0.481 e. The Kier molecular flexibility index (Phi) is 2.82. The number of hydrogen-bond acceptors (Lipinski definition) is 4. The molecular formula is C10H12N2O3. The standard InChI is InChI=1S/C10H12N2O3/c13-10(14)8-5-15-6-9(8)12-7-1-3-11-4-2-7/h1-4,8-9H,5-6H2,(H,11,12)(H,13,14). The molecule has 0 bridgehead atoms. The molecule has 80 valence electrons. The van der Waals surface area contributed by atoms with E-state index in [0.29, 0.717) is 6.61 Å². The quantitative estimate of drug-likeness (QED) is 0.760. The second-order valence-electron chi connectivity index (χ2n) is 3.47. The number of nitrogens with one attached hydrogen (secondary N) is 1. The SMILES string of the molecule is O=C(O)C1COCC1Nc1ccncc1. The highest BCUT2D eigenvalue weighted by Crippen LogP contribution is 2.18. The zero-order valence-corrected chi connectivity index (χ0v) is 8.09. The summed E-state index contributed by atoms with van der Waals surface area (Å²) in [5.41, 5.74) is 0.867. The Bertz CT molecular complexity index is 342. The molecule has 1 fully saturated rings. The first-order valence-corrected chi connectivity index (χ1v) is 4.74.